The van der Waals surface area contributed by atoms with E-state index in [4.69, 9.17) is 4.74 Å². The van der Waals surface area contributed by atoms with Gasteiger partial charge in [0.25, 0.3) is 0 Å². The molecule has 0 spiro atoms. The number of hydrogen-bond donors (Lipinski definition) is 2. The Labute approximate surface area is 177 Å². The van der Waals surface area contributed by atoms with Gasteiger partial charge in [0, 0.05) is 20.1 Å². The summed E-state index contributed by atoms with van der Waals surface area (Å²) < 4.78 is 5.90. The fourth-order valence-corrected chi connectivity index (χ4v) is 5.04. The van der Waals surface area contributed by atoms with Gasteiger partial charge >= 0.3 is 0 Å². The van der Waals surface area contributed by atoms with E-state index in [-0.39, 0.29) is 35.5 Å². The number of hydrogen-bond acceptors (Lipinski definition) is 4. The molecule has 0 aromatic heterocycles. The molecule has 2 aliphatic carbocycles. The molecule has 4 unspecified atom stereocenters. The van der Waals surface area contributed by atoms with Crippen LogP contribution in [0.3, 0.4) is 0 Å². The lowest BCUT2D eigenvalue weighted by Crippen LogP contribution is -2.44. The molecule has 160 valence electrons. The molecule has 2 N–H and O–H groups in total. The molecule has 1 heterocycles. The van der Waals surface area contributed by atoms with Crippen molar-refractivity contribution in [3.63, 3.8) is 0 Å². The highest BCUT2D eigenvalue weighted by Gasteiger charge is 2.58. The number of para-hydroxylation sites is 1. The lowest BCUT2D eigenvalue weighted by molar-refractivity contribution is -0.140. The Balaban J connectivity index is 1.20. The summed E-state index contributed by atoms with van der Waals surface area (Å²) >= 11 is 0. The molecule has 2 amide bonds. The van der Waals surface area contributed by atoms with Crippen LogP contribution in [-0.2, 0) is 9.59 Å². The number of aliphatic imine (C=N–C) groups is 1. The monoisotopic (exact) mass is 410 g/mol. The molecule has 0 radical (unpaired) electrons. The largest absolute Gasteiger partial charge is 0.491 e. The average molecular weight is 411 g/mol. The number of fused-ring (bicyclic) bond motifs is 5. The van der Waals surface area contributed by atoms with Gasteiger partial charge in [0.2, 0.25) is 11.8 Å². The second kappa shape index (κ2) is 8.50. The van der Waals surface area contributed by atoms with Crippen molar-refractivity contribution in [2.75, 3.05) is 33.3 Å². The number of aryl methyl sites for hydroxylation is 2. The summed E-state index contributed by atoms with van der Waals surface area (Å²) in [5.41, 5.74) is 2.23. The zero-order valence-electron chi connectivity index (χ0n) is 17.9. The first kappa shape index (κ1) is 20.4. The third kappa shape index (κ3) is 3.68. The summed E-state index contributed by atoms with van der Waals surface area (Å²) in [7, 11) is 1.70. The van der Waals surface area contributed by atoms with E-state index < -0.39 is 0 Å². The van der Waals surface area contributed by atoms with Crippen LogP contribution in [0.4, 0.5) is 0 Å². The van der Waals surface area contributed by atoms with E-state index in [1.165, 1.54) is 4.90 Å². The van der Waals surface area contributed by atoms with Gasteiger partial charge in [-0.05, 0) is 43.2 Å². The SMILES string of the molecule is CN=C(NCCOc1c(C)cccc1C)NCCN1C(=O)C2C3C=CC(C3)C2C1=O. The zero-order chi connectivity index (χ0) is 21.3. The summed E-state index contributed by atoms with van der Waals surface area (Å²) in [6, 6.07) is 6.09. The minimum absolute atomic E-state index is 0.00593. The van der Waals surface area contributed by atoms with E-state index in [0.717, 1.165) is 23.3 Å². The first-order valence-corrected chi connectivity index (χ1v) is 10.7. The van der Waals surface area contributed by atoms with Crippen LogP contribution in [-0.4, -0.2) is 56.0 Å². The second-order valence-corrected chi connectivity index (χ2v) is 8.32. The Morgan fingerprint density at radius 1 is 1.07 bits per heavy atom. The molecule has 7 heteroatoms. The third-order valence-corrected chi connectivity index (χ3v) is 6.46. The molecule has 2 fully saturated rings. The number of allylic oxidation sites excluding steroid dienone is 2. The van der Waals surface area contributed by atoms with Gasteiger partial charge in [-0.15, -0.1) is 0 Å². The Morgan fingerprint density at radius 3 is 2.27 bits per heavy atom. The number of amides is 2. The standard InChI is InChI=1S/C23H30N4O3/c1-14-5-4-6-15(2)20(14)30-12-10-26-23(24-3)25-9-11-27-21(28)18-16-7-8-17(13-16)19(18)22(27)29/h4-8,16-19H,9-13H2,1-3H3,(H2,24,25,26). The molecule has 1 saturated carbocycles. The number of benzene rings is 1. The summed E-state index contributed by atoms with van der Waals surface area (Å²) in [5.74, 6) is 1.77. The molecule has 1 aliphatic heterocycles. The van der Waals surface area contributed by atoms with E-state index in [1.54, 1.807) is 7.05 Å². The fourth-order valence-electron chi connectivity index (χ4n) is 5.04. The molecule has 1 saturated heterocycles. The molecule has 30 heavy (non-hydrogen) atoms. The van der Waals surface area contributed by atoms with Gasteiger partial charge in [0.15, 0.2) is 5.96 Å². The molecule has 1 aromatic rings. The number of nitrogens with one attached hydrogen (secondary N) is 2. The first-order chi connectivity index (χ1) is 14.5. The maximum atomic E-state index is 12.7. The molecule has 4 atom stereocenters. The van der Waals surface area contributed by atoms with E-state index in [2.05, 4.69) is 27.8 Å². The molecule has 3 aliphatic rings. The van der Waals surface area contributed by atoms with Crippen LogP contribution >= 0.6 is 0 Å². The first-order valence-electron chi connectivity index (χ1n) is 10.7. The Morgan fingerprint density at radius 2 is 1.67 bits per heavy atom. The highest BCUT2D eigenvalue weighted by atomic mass is 16.5. The molecule has 4 rings (SSSR count). The highest BCUT2D eigenvalue weighted by molar-refractivity contribution is 6.06. The maximum Gasteiger partial charge on any atom is 0.233 e. The number of rotatable bonds is 7. The van der Waals surface area contributed by atoms with Crippen molar-refractivity contribution in [2.45, 2.75) is 20.3 Å². The zero-order valence-corrected chi connectivity index (χ0v) is 17.9. The second-order valence-electron chi connectivity index (χ2n) is 8.32. The van der Waals surface area contributed by atoms with Crippen molar-refractivity contribution in [3.8, 4) is 5.75 Å². The number of carbonyl (C=O) groups excluding carboxylic acids is 2. The summed E-state index contributed by atoms with van der Waals surface area (Å²) in [6.07, 6.45) is 5.19. The lowest BCUT2D eigenvalue weighted by Gasteiger charge is -2.19. The van der Waals surface area contributed by atoms with E-state index >= 15 is 0 Å². The minimum atomic E-state index is -0.132. The van der Waals surface area contributed by atoms with E-state index in [1.807, 2.05) is 32.0 Å². The number of guanidine groups is 1. The predicted molar refractivity (Wildman–Crippen MR) is 115 cm³/mol. The lowest BCUT2D eigenvalue weighted by atomic mass is 9.85. The van der Waals surface area contributed by atoms with Crippen LogP contribution in [0.25, 0.3) is 0 Å². The van der Waals surface area contributed by atoms with Gasteiger partial charge in [-0.1, -0.05) is 30.4 Å². The average Bonchev–Trinajstić information content (AvgIpc) is 3.41. The van der Waals surface area contributed by atoms with Gasteiger partial charge in [-0.3, -0.25) is 19.5 Å². The van der Waals surface area contributed by atoms with E-state index in [9.17, 15) is 9.59 Å². The normalized spacial score (nSPS) is 27.0. The topological polar surface area (TPSA) is 83.0 Å². The van der Waals surface area contributed by atoms with Crippen LogP contribution in [0.15, 0.2) is 35.3 Å². The number of likely N-dealkylation sites (tertiary alicyclic amines) is 1. The van der Waals surface area contributed by atoms with Gasteiger partial charge in [-0.2, -0.15) is 0 Å². The van der Waals surface area contributed by atoms with Crippen LogP contribution < -0.4 is 15.4 Å². The molecular weight excluding hydrogens is 380 g/mol. The van der Waals surface area contributed by atoms with Gasteiger partial charge < -0.3 is 15.4 Å². The number of ether oxygens (including phenoxy) is 1. The fraction of sp³-hybridized carbons (Fsp3) is 0.522. The molecule has 2 bridgehead atoms. The summed E-state index contributed by atoms with van der Waals surface area (Å²) in [5, 5.41) is 6.39. The minimum Gasteiger partial charge on any atom is -0.491 e. The Bertz CT molecular complexity index is 844. The molecular formula is C23H30N4O3. The van der Waals surface area contributed by atoms with Crippen LogP contribution in [0.1, 0.15) is 17.5 Å². The van der Waals surface area contributed by atoms with Crippen molar-refractivity contribution < 1.29 is 14.3 Å². The van der Waals surface area contributed by atoms with Crippen LogP contribution in [0.5, 0.6) is 5.75 Å². The Kier molecular flexibility index (Phi) is 5.79. The van der Waals surface area contributed by atoms with Crippen molar-refractivity contribution >= 4 is 17.8 Å². The van der Waals surface area contributed by atoms with Crippen molar-refractivity contribution in [1.82, 2.24) is 15.5 Å². The van der Waals surface area contributed by atoms with Crippen molar-refractivity contribution in [3.05, 3.63) is 41.5 Å². The van der Waals surface area contributed by atoms with Gasteiger partial charge in [0.05, 0.1) is 18.4 Å². The van der Waals surface area contributed by atoms with Gasteiger partial charge in [-0.25, -0.2) is 0 Å². The number of nitrogens with zero attached hydrogens (tertiary/aromatic N) is 2. The van der Waals surface area contributed by atoms with E-state index in [0.29, 0.717) is 32.2 Å². The smallest absolute Gasteiger partial charge is 0.233 e. The summed E-state index contributed by atoms with van der Waals surface area (Å²) in [6.45, 7) is 6.00. The van der Waals surface area contributed by atoms with Crippen LogP contribution in [0, 0.1) is 37.5 Å². The number of carbonyl (C=O) groups is 2. The van der Waals surface area contributed by atoms with Crippen LogP contribution in [0.2, 0.25) is 0 Å². The Hall–Kier alpha value is -2.83. The highest BCUT2D eigenvalue weighted by Crippen LogP contribution is 2.52. The van der Waals surface area contributed by atoms with Gasteiger partial charge in [0.1, 0.15) is 12.4 Å². The summed E-state index contributed by atoms with van der Waals surface area (Å²) in [4.78, 5) is 31.1. The van der Waals surface area contributed by atoms with Crippen molar-refractivity contribution in [1.29, 1.82) is 0 Å². The third-order valence-electron chi connectivity index (χ3n) is 6.46. The maximum absolute atomic E-state index is 12.7. The predicted octanol–water partition coefficient (Wildman–Crippen LogP) is 1.65. The number of imide groups is 1. The van der Waals surface area contributed by atoms with Crippen molar-refractivity contribution in [2.24, 2.45) is 28.7 Å². The quantitative estimate of drug-likeness (QED) is 0.235. The molecule has 1 aromatic carbocycles. The molecule has 7 nitrogen and oxygen atoms in total.